The van der Waals surface area contributed by atoms with E-state index in [0.29, 0.717) is 6.21 Å². The van der Waals surface area contributed by atoms with E-state index in [0.717, 1.165) is 18.9 Å². The zero-order chi connectivity index (χ0) is 15.3. The number of aromatic nitrogens is 3. The molecular weight excluding hydrogens is 270 g/mol. The lowest BCUT2D eigenvalue weighted by molar-refractivity contribution is -0.118. The predicted molar refractivity (Wildman–Crippen MR) is 62.1 cm³/mol. The zero-order valence-electron chi connectivity index (χ0n) is 10.9. The molecule has 10 nitrogen and oxygen atoms in total. The van der Waals surface area contributed by atoms with E-state index in [1.54, 1.807) is 0 Å². The molecule has 0 aromatic carbocycles. The molecule has 0 saturated heterocycles. The number of rotatable bonds is 5. The van der Waals surface area contributed by atoms with E-state index in [1.807, 2.05) is 0 Å². The van der Waals surface area contributed by atoms with Gasteiger partial charge in [-0.15, -0.1) is 5.10 Å². The van der Waals surface area contributed by atoms with Crippen LogP contribution in [0.5, 0.6) is 0 Å². The molecule has 0 aliphatic rings. The van der Waals surface area contributed by atoms with Gasteiger partial charge >= 0.3 is 18.2 Å². The Balaban J connectivity index is 3.37. The minimum atomic E-state index is -1.02. The Morgan fingerprint density at radius 1 is 1.30 bits per heavy atom. The van der Waals surface area contributed by atoms with Crippen LogP contribution in [0.1, 0.15) is 33.9 Å². The Hall–Kier alpha value is -2.87. The summed E-state index contributed by atoms with van der Waals surface area (Å²) >= 11 is 0. The van der Waals surface area contributed by atoms with Gasteiger partial charge in [-0.1, -0.05) is 5.21 Å². The second-order valence-corrected chi connectivity index (χ2v) is 3.54. The number of esters is 2. The average molecular weight is 281 g/mol. The normalized spacial score (nSPS) is 11.2. The predicted octanol–water partition coefficient (Wildman–Crippen LogP) is -0.718. The lowest BCUT2D eigenvalue weighted by Crippen LogP contribution is -2.24. The van der Waals surface area contributed by atoms with Crippen LogP contribution in [0.4, 0.5) is 0 Å². The van der Waals surface area contributed by atoms with Gasteiger partial charge in [0.25, 0.3) is 5.78 Å². The molecule has 0 bridgehead atoms. The number of hydrogen-bond donors (Lipinski definition) is 0. The fraction of sp³-hybridized carbons (Fsp3) is 0.400. The van der Waals surface area contributed by atoms with E-state index in [2.05, 4.69) is 24.6 Å². The molecule has 10 heteroatoms. The van der Waals surface area contributed by atoms with Gasteiger partial charge in [-0.05, 0) is 6.92 Å². The summed E-state index contributed by atoms with van der Waals surface area (Å²) < 4.78 is 9.87. The summed E-state index contributed by atoms with van der Waals surface area (Å²) in [5.41, 5.74) is 7.62. The van der Waals surface area contributed by atoms with Crippen LogP contribution >= 0.6 is 0 Å². The molecule has 0 aliphatic heterocycles. The minimum absolute atomic E-state index is 0.327. The van der Waals surface area contributed by atoms with Crippen molar-refractivity contribution in [1.29, 1.82) is 0 Å². The highest BCUT2D eigenvalue weighted by atomic mass is 16.5. The number of hydrogen-bond acceptors (Lipinski definition) is 7. The van der Waals surface area contributed by atoms with Crippen LogP contribution < -0.4 is 0 Å². The minimum Gasteiger partial charge on any atom is -0.464 e. The van der Waals surface area contributed by atoms with E-state index in [9.17, 15) is 14.4 Å². The van der Waals surface area contributed by atoms with Crippen molar-refractivity contribution in [3.05, 3.63) is 16.9 Å². The Morgan fingerprint density at radius 2 is 1.90 bits per heavy atom. The second-order valence-electron chi connectivity index (χ2n) is 3.54. The van der Waals surface area contributed by atoms with Crippen molar-refractivity contribution in [2.75, 3.05) is 14.2 Å². The Bertz CT molecular complexity index is 601. The standard InChI is InChI=1S/C10H11N5O5/c1-5(6(16)4-12-11)15-8(10(18)20-3)7(13-14-15)9(17)19-2/h4-5H,1-3H3/t5-/m1/s1. The lowest BCUT2D eigenvalue weighted by atomic mass is 10.2. The quantitative estimate of drug-likeness (QED) is 0.300. The van der Waals surface area contributed by atoms with E-state index >= 15 is 0 Å². The summed E-state index contributed by atoms with van der Waals surface area (Å²) in [6, 6.07) is -1.02. The summed E-state index contributed by atoms with van der Waals surface area (Å²) in [7, 11) is 2.21. The maximum absolute atomic E-state index is 11.7. The summed E-state index contributed by atoms with van der Waals surface area (Å²) in [5.74, 6) is -2.46. The van der Waals surface area contributed by atoms with Crippen molar-refractivity contribution in [1.82, 2.24) is 15.0 Å². The highest BCUT2D eigenvalue weighted by molar-refractivity contribution is 6.26. The molecule has 1 aromatic heterocycles. The average Bonchev–Trinajstić information content (AvgIpc) is 2.89. The van der Waals surface area contributed by atoms with E-state index in [-0.39, 0.29) is 11.4 Å². The van der Waals surface area contributed by atoms with Crippen LogP contribution in [0.25, 0.3) is 5.53 Å². The van der Waals surface area contributed by atoms with Crippen LogP contribution in [0.15, 0.2) is 0 Å². The van der Waals surface area contributed by atoms with Gasteiger partial charge in [0.15, 0.2) is 5.69 Å². The smallest absolute Gasteiger partial charge is 0.361 e. The maximum atomic E-state index is 11.7. The van der Waals surface area contributed by atoms with Crippen LogP contribution in [-0.2, 0) is 14.3 Å². The van der Waals surface area contributed by atoms with Gasteiger partial charge < -0.3 is 15.0 Å². The van der Waals surface area contributed by atoms with Crippen LogP contribution in [0, 0.1) is 0 Å². The molecular formula is C10H11N5O5. The molecule has 1 atom stereocenters. The number of methoxy groups -OCH3 is 2. The molecule has 0 N–H and O–H groups in total. The maximum Gasteiger partial charge on any atom is 0.361 e. The first kappa shape index (κ1) is 15.2. The van der Waals surface area contributed by atoms with Crippen molar-refractivity contribution in [2.24, 2.45) is 0 Å². The molecule has 1 heterocycles. The topological polar surface area (TPSA) is 137 Å². The highest BCUT2D eigenvalue weighted by Crippen LogP contribution is 2.14. The van der Waals surface area contributed by atoms with Crippen molar-refractivity contribution in [3.63, 3.8) is 0 Å². The van der Waals surface area contributed by atoms with Crippen molar-refractivity contribution >= 4 is 23.9 Å². The third-order valence-electron chi connectivity index (χ3n) is 2.42. The third kappa shape index (κ3) is 2.75. The number of carbonyl (C=O) groups excluding carboxylic acids is 3. The molecule has 20 heavy (non-hydrogen) atoms. The molecule has 0 fully saturated rings. The van der Waals surface area contributed by atoms with E-state index in [1.165, 1.54) is 6.92 Å². The van der Waals surface area contributed by atoms with Gasteiger partial charge in [0.1, 0.15) is 6.04 Å². The molecule has 0 radical (unpaired) electrons. The summed E-state index contributed by atoms with van der Waals surface area (Å²) in [5, 5.41) is 7.06. The summed E-state index contributed by atoms with van der Waals surface area (Å²) in [6.45, 7) is 1.38. The first-order valence-corrected chi connectivity index (χ1v) is 5.31. The number of nitrogens with zero attached hydrogens (tertiary/aromatic N) is 5. The van der Waals surface area contributed by atoms with Gasteiger partial charge in [0, 0.05) is 0 Å². The number of carbonyl (C=O) groups is 3. The largest absolute Gasteiger partial charge is 0.464 e. The number of ketones is 1. The Morgan fingerprint density at radius 3 is 2.40 bits per heavy atom. The number of Topliss-reactive ketones (excluding diaryl/α,β-unsaturated/α-hetero) is 1. The second kappa shape index (κ2) is 6.34. The van der Waals surface area contributed by atoms with E-state index < -0.39 is 23.8 Å². The summed E-state index contributed by atoms with van der Waals surface area (Å²) in [4.78, 5) is 37.4. The van der Waals surface area contributed by atoms with E-state index in [4.69, 9.17) is 5.53 Å². The lowest BCUT2D eigenvalue weighted by Gasteiger charge is -2.09. The monoisotopic (exact) mass is 281 g/mol. The number of ether oxygens (including phenoxy) is 2. The molecule has 1 rings (SSSR count). The molecule has 0 spiro atoms. The Labute approximate surface area is 112 Å². The molecule has 0 amide bonds. The van der Waals surface area contributed by atoms with Crippen molar-refractivity contribution in [2.45, 2.75) is 13.0 Å². The first-order valence-electron chi connectivity index (χ1n) is 5.31. The van der Waals surface area contributed by atoms with Gasteiger partial charge in [-0.2, -0.15) is 4.79 Å². The van der Waals surface area contributed by atoms with Gasteiger partial charge in [-0.25, -0.2) is 14.3 Å². The van der Waals surface area contributed by atoms with Crippen molar-refractivity contribution < 1.29 is 28.6 Å². The molecule has 1 aromatic rings. The van der Waals surface area contributed by atoms with Gasteiger partial charge in [0.2, 0.25) is 5.69 Å². The molecule has 0 unspecified atom stereocenters. The highest BCUT2D eigenvalue weighted by Gasteiger charge is 2.31. The third-order valence-corrected chi connectivity index (χ3v) is 2.42. The van der Waals surface area contributed by atoms with Crippen molar-refractivity contribution in [3.8, 4) is 0 Å². The first-order chi connectivity index (χ1) is 9.47. The Kier molecular flexibility index (Phi) is 4.82. The van der Waals surface area contributed by atoms with Gasteiger partial charge in [-0.3, -0.25) is 4.79 Å². The van der Waals surface area contributed by atoms with Gasteiger partial charge in [0.05, 0.1) is 14.2 Å². The fourth-order valence-electron chi connectivity index (χ4n) is 1.37. The molecule has 106 valence electrons. The fourth-order valence-corrected chi connectivity index (χ4v) is 1.37. The van der Waals surface area contributed by atoms with Crippen LogP contribution in [-0.4, -0.2) is 57.9 Å². The zero-order valence-corrected chi connectivity index (χ0v) is 10.9. The molecule has 0 saturated carbocycles. The van der Waals surface area contributed by atoms with Crippen LogP contribution in [0.3, 0.4) is 0 Å². The SMILES string of the molecule is COC(=O)c1nnn([C@H](C)C(=O)C=[N+]=[N-])c1C(=O)OC. The van der Waals surface area contributed by atoms with Crippen LogP contribution in [0.2, 0.25) is 0 Å². The molecule has 0 aliphatic carbocycles. The summed E-state index contributed by atoms with van der Waals surface area (Å²) in [6.07, 6.45) is 0.644.